The van der Waals surface area contributed by atoms with Crippen molar-refractivity contribution in [3.05, 3.63) is 56.4 Å². The normalized spacial score (nSPS) is 13.0. The fraction of sp³-hybridized carbons (Fsp3) is 0.391. The summed E-state index contributed by atoms with van der Waals surface area (Å²) in [5, 5.41) is 17.9. The fourth-order valence-electron chi connectivity index (χ4n) is 4.40. The van der Waals surface area contributed by atoms with Crippen LogP contribution in [0.3, 0.4) is 0 Å². The van der Waals surface area contributed by atoms with Gasteiger partial charge in [-0.3, -0.25) is 10.2 Å². The van der Waals surface area contributed by atoms with Crippen LogP contribution in [0, 0.1) is 10.6 Å². The van der Waals surface area contributed by atoms with E-state index in [1.165, 1.54) is 27.5 Å². The second-order valence-electron chi connectivity index (χ2n) is 9.46. The smallest absolute Gasteiger partial charge is 0.131 e. The molecule has 0 radical (unpaired) electrons. The van der Waals surface area contributed by atoms with E-state index in [1.807, 2.05) is 0 Å². The van der Waals surface area contributed by atoms with Gasteiger partial charge in [0.2, 0.25) is 0 Å². The van der Waals surface area contributed by atoms with Crippen molar-refractivity contribution >= 4 is 44.4 Å². The minimum Gasteiger partial charge on any atom is -0.278 e. The molecule has 0 aliphatic heterocycles. The fourth-order valence-corrected chi connectivity index (χ4v) is 5.08. The summed E-state index contributed by atoms with van der Waals surface area (Å²) in [5.41, 5.74) is 7.37. The molecule has 0 spiro atoms. The first kappa shape index (κ1) is 19.4. The Morgan fingerprint density at radius 2 is 1.64 bits per heavy atom. The average molecular weight is 486 g/mol. The number of aryl methyl sites for hydroxylation is 1. The number of hydrogen-bond acceptors (Lipinski definition) is 2. The summed E-state index contributed by atoms with van der Waals surface area (Å²) in [6, 6.07) is 11.1. The third-order valence-corrected chi connectivity index (χ3v) is 6.34. The number of nitrogens with one attached hydrogen (secondary N) is 2. The topological polar surface area (TPSA) is 57.4 Å². The van der Waals surface area contributed by atoms with Crippen molar-refractivity contribution < 1.29 is 0 Å². The molecule has 4 nitrogen and oxygen atoms in total. The van der Waals surface area contributed by atoms with Crippen molar-refractivity contribution in [2.45, 2.75) is 58.8 Å². The van der Waals surface area contributed by atoms with Crippen LogP contribution >= 0.6 is 22.6 Å². The molecule has 2 aromatic carbocycles. The summed E-state index contributed by atoms with van der Waals surface area (Å²) in [5.74, 6) is 0. The predicted octanol–water partition coefficient (Wildman–Crippen LogP) is 6.17. The number of fused-ring (bicyclic) bond motifs is 2. The van der Waals surface area contributed by atoms with Crippen molar-refractivity contribution in [1.82, 2.24) is 20.4 Å². The molecule has 0 saturated carbocycles. The van der Waals surface area contributed by atoms with E-state index in [1.54, 1.807) is 0 Å². The van der Waals surface area contributed by atoms with E-state index in [-0.39, 0.29) is 10.8 Å². The van der Waals surface area contributed by atoms with Gasteiger partial charge in [-0.15, -0.1) is 0 Å². The molecule has 0 atom stereocenters. The minimum absolute atomic E-state index is 0.0199. The second-order valence-corrected chi connectivity index (χ2v) is 10.5. The molecule has 0 aliphatic carbocycles. The van der Waals surface area contributed by atoms with Crippen LogP contribution in [0.2, 0.25) is 0 Å². The van der Waals surface area contributed by atoms with Gasteiger partial charge < -0.3 is 0 Å². The van der Waals surface area contributed by atoms with Gasteiger partial charge in [0.1, 0.15) is 3.70 Å². The number of benzene rings is 2. The molecular weight excluding hydrogens is 459 g/mol. The molecule has 28 heavy (non-hydrogen) atoms. The Hall–Kier alpha value is -1.89. The zero-order chi connectivity index (χ0) is 20.3. The number of aromatic amines is 2. The molecule has 146 valence electrons. The Morgan fingerprint density at radius 1 is 0.929 bits per heavy atom. The monoisotopic (exact) mass is 486 g/mol. The third-order valence-electron chi connectivity index (χ3n) is 5.55. The average Bonchev–Trinajstić information content (AvgIpc) is 3.17. The first-order valence-corrected chi connectivity index (χ1v) is 10.8. The van der Waals surface area contributed by atoms with E-state index in [4.69, 9.17) is 0 Å². The molecule has 4 aromatic rings. The van der Waals surface area contributed by atoms with E-state index in [0.29, 0.717) is 0 Å². The zero-order valence-corrected chi connectivity index (χ0v) is 19.5. The highest BCUT2D eigenvalue weighted by Gasteiger charge is 2.28. The van der Waals surface area contributed by atoms with Crippen molar-refractivity contribution in [3.8, 4) is 0 Å². The van der Waals surface area contributed by atoms with E-state index in [2.05, 4.69) is 115 Å². The van der Waals surface area contributed by atoms with E-state index >= 15 is 0 Å². The highest BCUT2D eigenvalue weighted by Crippen LogP contribution is 2.38. The van der Waals surface area contributed by atoms with Crippen molar-refractivity contribution in [1.29, 1.82) is 0 Å². The van der Waals surface area contributed by atoms with Gasteiger partial charge in [-0.1, -0.05) is 52.8 Å². The van der Waals surface area contributed by atoms with Gasteiger partial charge in [0.25, 0.3) is 0 Å². The summed E-state index contributed by atoms with van der Waals surface area (Å²) in [4.78, 5) is 0. The largest absolute Gasteiger partial charge is 0.278 e. The van der Waals surface area contributed by atoms with Gasteiger partial charge in [0.15, 0.2) is 0 Å². The lowest BCUT2D eigenvalue weighted by Crippen LogP contribution is -2.22. The SMILES string of the molecule is Cc1ccc2[nH]nc(I)c2c1C(C)(C)Cc1ccc2c(C(C)(C)C)n[nH]c2c1. The van der Waals surface area contributed by atoms with Crippen LogP contribution in [-0.2, 0) is 17.3 Å². The van der Waals surface area contributed by atoms with Gasteiger partial charge in [-0.25, -0.2) is 0 Å². The molecule has 4 rings (SSSR count). The maximum atomic E-state index is 4.58. The number of hydrogen-bond donors (Lipinski definition) is 2. The van der Waals surface area contributed by atoms with Crippen LogP contribution in [0.15, 0.2) is 30.3 Å². The van der Waals surface area contributed by atoms with Crippen molar-refractivity contribution in [2.24, 2.45) is 0 Å². The zero-order valence-electron chi connectivity index (χ0n) is 17.4. The van der Waals surface area contributed by atoms with Gasteiger partial charge >= 0.3 is 0 Å². The molecule has 0 amide bonds. The number of nitrogens with zero attached hydrogens (tertiary/aromatic N) is 2. The first-order valence-electron chi connectivity index (χ1n) is 9.69. The summed E-state index contributed by atoms with van der Waals surface area (Å²) >= 11 is 2.33. The summed E-state index contributed by atoms with van der Waals surface area (Å²) in [6.45, 7) is 13.5. The van der Waals surface area contributed by atoms with Crippen LogP contribution in [-0.4, -0.2) is 20.4 Å². The lowest BCUT2D eigenvalue weighted by atomic mass is 9.75. The highest BCUT2D eigenvalue weighted by molar-refractivity contribution is 14.1. The third kappa shape index (κ3) is 3.23. The summed E-state index contributed by atoms with van der Waals surface area (Å²) < 4.78 is 1.04. The van der Waals surface area contributed by atoms with E-state index in [0.717, 1.165) is 26.8 Å². The van der Waals surface area contributed by atoms with E-state index < -0.39 is 0 Å². The Kier molecular flexibility index (Phi) is 4.56. The maximum absolute atomic E-state index is 4.58. The quantitative estimate of drug-likeness (QED) is 0.341. The number of H-pyrrole nitrogens is 2. The molecule has 2 heterocycles. The Labute approximate surface area is 179 Å². The van der Waals surface area contributed by atoms with Crippen LogP contribution in [0.4, 0.5) is 0 Å². The Balaban J connectivity index is 1.77. The highest BCUT2D eigenvalue weighted by atomic mass is 127. The standard InChI is InChI=1S/C23H27IN4/c1-13-7-10-16-18(21(24)28-25-16)19(13)23(5,6)12-14-8-9-15-17(11-14)26-27-20(15)22(2,3)4/h7-11H,12H2,1-6H3,(H,25,28)(H,26,27). The van der Waals surface area contributed by atoms with Crippen LogP contribution < -0.4 is 0 Å². The van der Waals surface area contributed by atoms with Crippen molar-refractivity contribution in [3.63, 3.8) is 0 Å². The molecule has 5 heteroatoms. The molecule has 0 fully saturated rings. The number of aromatic nitrogens is 4. The van der Waals surface area contributed by atoms with Crippen LogP contribution in [0.1, 0.15) is 57.0 Å². The van der Waals surface area contributed by atoms with Crippen LogP contribution in [0.5, 0.6) is 0 Å². The summed E-state index contributed by atoms with van der Waals surface area (Å²) in [7, 11) is 0. The molecule has 0 bridgehead atoms. The molecular formula is C23H27IN4. The molecule has 0 unspecified atom stereocenters. The van der Waals surface area contributed by atoms with Crippen molar-refractivity contribution in [2.75, 3.05) is 0 Å². The van der Waals surface area contributed by atoms with E-state index in [9.17, 15) is 0 Å². The predicted molar refractivity (Wildman–Crippen MR) is 125 cm³/mol. The summed E-state index contributed by atoms with van der Waals surface area (Å²) in [6.07, 6.45) is 0.952. The number of halogens is 1. The molecule has 2 aromatic heterocycles. The lowest BCUT2D eigenvalue weighted by Gasteiger charge is -2.28. The van der Waals surface area contributed by atoms with Crippen LogP contribution in [0.25, 0.3) is 21.8 Å². The van der Waals surface area contributed by atoms with Gasteiger partial charge in [0, 0.05) is 16.2 Å². The molecule has 0 aliphatic rings. The maximum Gasteiger partial charge on any atom is 0.131 e. The molecule has 0 saturated heterocycles. The Bertz CT molecular complexity index is 1170. The van der Waals surface area contributed by atoms with Gasteiger partial charge in [0.05, 0.1) is 16.7 Å². The lowest BCUT2D eigenvalue weighted by molar-refractivity contribution is 0.524. The van der Waals surface area contributed by atoms with Gasteiger partial charge in [-0.05, 0) is 70.2 Å². The van der Waals surface area contributed by atoms with Gasteiger partial charge in [-0.2, -0.15) is 10.2 Å². The minimum atomic E-state index is -0.0199. The Morgan fingerprint density at radius 3 is 2.36 bits per heavy atom. The molecule has 2 N–H and O–H groups in total. The number of rotatable bonds is 3. The second kappa shape index (κ2) is 6.58. The first-order chi connectivity index (χ1) is 13.1.